The molecule has 0 aliphatic carbocycles. The molecule has 1 aliphatic heterocycles. The summed E-state index contributed by atoms with van der Waals surface area (Å²) in [6, 6.07) is 12.9. The summed E-state index contributed by atoms with van der Waals surface area (Å²) in [6.07, 6.45) is -0.0948. The maximum absolute atomic E-state index is 12.8. The highest BCUT2D eigenvalue weighted by Crippen LogP contribution is 2.32. The van der Waals surface area contributed by atoms with Gasteiger partial charge in [-0.25, -0.2) is 4.79 Å². The van der Waals surface area contributed by atoms with Gasteiger partial charge in [0.05, 0.1) is 0 Å². The number of carbonyl (C=O) groups excluding carboxylic acids is 2. The van der Waals surface area contributed by atoms with Gasteiger partial charge in [0.2, 0.25) is 0 Å². The van der Waals surface area contributed by atoms with Gasteiger partial charge in [0.15, 0.2) is 12.7 Å². The van der Waals surface area contributed by atoms with Crippen LogP contribution in [0.2, 0.25) is 5.02 Å². The summed E-state index contributed by atoms with van der Waals surface area (Å²) in [5.41, 5.74) is 2.83. The van der Waals surface area contributed by atoms with Gasteiger partial charge >= 0.3 is 5.97 Å². The molecule has 27 heavy (non-hydrogen) atoms. The Labute approximate surface area is 163 Å². The van der Waals surface area contributed by atoms with E-state index in [1.807, 2.05) is 38.1 Å². The number of fused-ring (bicyclic) bond motifs is 1. The molecule has 3 rings (SSSR count). The number of anilines is 1. The summed E-state index contributed by atoms with van der Waals surface area (Å²) in [4.78, 5) is 26.6. The van der Waals surface area contributed by atoms with Crippen LogP contribution in [0.5, 0.6) is 5.75 Å². The van der Waals surface area contributed by atoms with Gasteiger partial charge in [0.1, 0.15) is 5.75 Å². The molecular weight excluding hydrogens is 366 g/mol. The van der Waals surface area contributed by atoms with Crippen LogP contribution in [0.4, 0.5) is 5.69 Å². The lowest BCUT2D eigenvalue weighted by molar-refractivity contribution is -0.155. The Bertz CT molecular complexity index is 867. The Morgan fingerprint density at radius 3 is 2.74 bits per heavy atom. The van der Waals surface area contributed by atoms with E-state index in [9.17, 15) is 9.59 Å². The molecule has 0 saturated heterocycles. The number of benzene rings is 2. The van der Waals surface area contributed by atoms with Crippen molar-refractivity contribution in [2.75, 3.05) is 11.5 Å². The number of amides is 1. The summed E-state index contributed by atoms with van der Waals surface area (Å²) < 4.78 is 10.8. The summed E-state index contributed by atoms with van der Waals surface area (Å²) >= 11 is 5.90. The summed E-state index contributed by atoms with van der Waals surface area (Å²) in [5, 5.41) is 0.599. The highest BCUT2D eigenvalue weighted by molar-refractivity contribution is 6.30. The van der Waals surface area contributed by atoms with Crippen molar-refractivity contribution in [3.05, 3.63) is 58.6 Å². The zero-order chi connectivity index (χ0) is 19.6. The van der Waals surface area contributed by atoms with E-state index in [1.165, 1.54) is 0 Å². The van der Waals surface area contributed by atoms with Crippen molar-refractivity contribution in [3.8, 4) is 5.75 Å². The van der Waals surface area contributed by atoms with E-state index in [0.717, 1.165) is 23.2 Å². The first kappa shape index (κ1) is 19.2. The summed E-state index contributed by atoms with van der Waals surface area (Å²) in [6.45, 7) is 5.14. The normalized spacial score (nSPS) is 16.6. The van der Waals surface area contributed by atoms with Gasteiger partial charge in [0.25, 0.3) is 5.91 Å². The number of esters is 1. The molecule has 2 aromatic rings. The molecule has 0 saturated carbocycles. The molecule has 0 radical (unpaired) electrons. The average molecular weight is 388 g/mol. The van der Waals surface area contributed by atoms with Crippen LogP contribution in [-0.4, -0.2) is 30.6 Å². The monoisotopic (exact) mass is 387 g/mol. The first-order valence-electron chi connectivity index (χ1n) is 8.86. The van der Waals surface area contributed by atoms with Crippen LogP contribution in [0.1, 0.15) is 25.0 Å². The second-order valence-corrected chi connectivity index (χ2v) is 7.16. The van der Waals surface area contributed by atoms with Crippen molar-refractivity contribution >= 4 is 29.2 Å². The summed E-state index contributed by atoms with van der Waals surface area (Å²) in [5.74, 6) is -0.272. The summed E-state index contributed by atoms with van der Waals surface area (Å²) in [7, 11) is 0. The van der Waals surface area contributed by atoms with Crippen LogP contribution in [-0.2, 0) is 20.7 Å². The third-order valence-electron chi connectivity index (χ3n) is 4.58. The van der Waals surface area contributed by atoms with E-state index in [-0.39, 0.29) is 18.6 Å². The lowest BCUT2D eigenvalue weighted by Gasteiger charge is -2.25. The Morgan fingerprint density at radius 2 is 2.00 bits per heavy atom. The zero-order valence-corrected chi connectivity index (χ0v) is 16.3. The number of halogens is 1. The highest BCUT2D eigenvalue weighted by Gasteiger charge is 2.34. The van der Waals surface area contributed by atoms with E-state index in [2.05, 4.69) is 0 Å². The predicted molar refractivity (Wildman–Crippen MR) is 104 cm³/mol. The molecule has 0 N–H and O–H groups in total. The standard InChI is InChI=1S/C21H22ClNO4/c1-13-10-17(22)8-9-19(13)26-12-20(24)27-15(3)21(25)23-14(2)11-16-6-4-5-7-18(16)23/h4-10,14-15H,11-12H2,1-3H3/t14-,15-/m0/s1. The van der Waals surface area contributed by atoms with Crippen LogP contribution >= 0.6 is 11.6 Å². The number of hydrogen-bond donors (Lipinski definition) is 0. The maximum atomic E-state index is 12.8. The number of carbonyl (C=O) groups is 2. The quantitative estimate of drug-likeness (QED) is 0.729. The smallest absolute Gasteiger partial charge is 0.344 e. The van der Waals surface area contributed by atoms with Crippen molar-refractivity contribution in [3.63, 3.8) is 0 Å². The van der Waals surface area contributed by atoms with E-state index < -0.39 is 12.1 Å². The number of ether oxygens (including phenoxy) is 2. The molecule has 142 valence electrons. The maximum Gasteiger partial charge on any atom is 0.344 e. The van der Waals surface area contributed by atoms with Crippen LogP contribution in [0.3, 0.4) is 0 Å². The van der Waals surface area contributed by atoms with Crippen LogP contribution in [0.15, 0.2) is 42.5 Å². The molecule has 0 bridgehead atoms. The molecule has 2 atom stereocenters. The Kier molecular flexibility index (Phi) is 5.71. The van der Waals surface area contributed by atoms with Gasteiger partial charge in [-0.15, -0.1) is 0 Å². The first-order valence-corrected chi connectivity index (χ1v) is 9.24. The molecule has 1 amide bonds. The Balaban J connectivity index is 1.59. The van der Waals surface area contributed by atoms with Crippen LogP contribution in [0, 0.1) is 6.92 Å². The molecule has 1 aliphatic rings. The third-order valence-corrected chi connectivity index (χ3v) is 4.82. The van der Waals surface area contributed by atoms with Gasteiger partial charge in [-0.05, 0) is 62.6 Å². The number of rotatable bonds is 5. The molecule has 0 aromatic heterocycles. The van der Waals surface area contributed by atoms with Gasteiger partial charge in [-0.3, -0.25) is 4.79 Å². The van der Waals surface area contributed by atoms with Crippen LogP contribution < -0.4 is 9.64 Å². The van der Waals surface area contributed by atoms with Crippen molar-refractivity contribution in [2.24, 2.45) is 0 Å². The molecule has 1 heterocycles. The largest absolute Gasteiger partial charge is 0.482 e. The molecule has 5 nitrogen and oxygen atoms in total. The zero-order valence-electron chi connectivity index (χ0n) is 15.6. The van der Waals surface area contributed by atoms with Crippen molar-refractivity contribution in [1.29, 1.82) is 0 Å². The molecular formula is C21H22ClNO4. The third kappa shape index (κ3) is 4.25. The van der Waals surface area contributed by atoms with Crippen molar-refractivity contribution in [1.82, 2.24) is 0 Å². The molecule has 2 aromatic carbocycles. The molecule has 0 fully saturated rings. The van der Waals surface area contributed by atoms with Gasteiger partial charge in [0, 0.05) is 16.8 Å². The molecule has 0 spiro atoms. The van der Waals surface area contributed by atoms with E-state index >= 15 is 0 Å². The highest BCUT2D eigenvalue weighted by atomic mass is 35.5. The second kappa shape index (κ2) is 8.01. The van der Waals surface area contributed by atoms with E-state index in [4.69, 9.17) is 21.1 Å². The first-order chi connectivity index (χ1) is 12.9. The molecule has 6 heteroatoms. The lowest BCUT2D eigenvalue weighted by atomic mass is 10.1. The minimum Gasteiger partial charge on any atom is -0.482 e. The van der Waals surface area contributed by atoms with Crippen molar-refractivity contribution in [2.45, 2.75) is 39.3 Å². The minimum atomic E-state index is -0.888. The Morgan fingerprint density at radius 1 is 1.26 bits per heavy atom. The number of para-hydroxylation sites is 1. The lowest BCUT2D eigenvalue weighted by Crippen LogP contribution is -2.43. The fourth-order valence-electron chi connectivity index (χ4n) is 3.29. The number of hydrogen-bond acceptors (Lipinski definition) is 4. The van der Waals surface area contributed by atoms with E-state index in [0.29, 0.717) is 10.8 Å². The predicted octanol–water partition coefficient (Wildman–Crippen LogP) is 3.94. The number of nitrogens with zero attached hydrogens (tertiary/aromatic N) is 1. The van der Waals surface area contributed by atoms with Crippen molar-refractivity contribution < 1.29 is 19.1 Å². The Hall–Kier alpha value is -2.53. The van der Waals surface area contributed by atoms with E-state index in [1.54, 1.807) is 30.0 Å². The number of aryl methyl sites for hydroxylation is 1. The second-order valence-electron chi connectivity index (χ2n) is 6.72. The van der Waals surface area contributed by atoms with Crippen LogP contribution in [0.25, 0.3) is 0 Å². The SMILES string of the molecule is Cc1cc(Cl)ccc1OCC(=O)O[C@@H](C)C(=O)N1c2ccccc2C[C@@H]1C. The average Bonchev–Trinajstić information content (AvgIpc) is 2.96. The van der Waals surface area contributed by atoms with Gasteiger partial charge < -0.3 is 14.4 Å². The fourth-order valence-corrected chi connectivity index (χ4v) is 3.52. The fraction of sp³-hybridized carbons (Fsp3) is 0.333. The minimum absolute atomic E-state index is 0.0315. The van der Waals surface area contributed by atoms with Gasteiger partial charge in [-0.1, -0.05) is 29.8 Å². The molecule has 0 unspecified atom stereocenters. The van der Waals surface area contributed by atoms with Gasteiger partial charge in [-0.2, -0.15) is 0 Å². The topological polar surface area (TPSA) is 55.8 Å².